The van der Waals surface area contributed by atoms with Gasteiger partial charge in [0.2, 0.25) is 0 Å². The van der Waals surface area contributed by atoms with Gasteiger partial charge in [-0.2, -0.15) is 0 Å². The molecule has 0 unspecified atom stereocenters. The molecule has 1 N–H and O–H groups in total. The summed E-state index contributed by atoms with van der Waals surface area (Å²) in [4.78, 5) is 23.2. The summed E-state index contributed by atoms with van der Waals surface area (Å²) in [6, 6.07) is 11.9. The molecular formula is C21H22FNO4. The maximum absolute atomic E-state index is 13.4. The molecule has 0 aliphatic carbocycles. The maximum Gasteiger partial charge on any atom is 0.331 e. The number of hydrogen-bond donors (Lipinski definition) is 1. The van der Waals surface area contributed by atoms with Crippen LogP contribution in [0.5, 0.6) is 5.75 Å². The maximum atomic E-state index is 13.4. The zero-order chi connectivity index (χ0) is 19.6. The summed E-state index contributed by atoms with van der Waals surface area (Å²) in [6.07, 6.45) is 2.38. The number of amides is 1. The Bertz CT molecular complexity index is 833. The molecule has 2 aromatic rings. The highest BCUT2D eigenvalue weighted by Gasteiger charge is 2.06. The molecule has 0 aliphatic heterocycles. The third-order valence-electron chi connectivity index (χ3n) is 3.66. The molecular weight excluding hydrogens is 349 g/mol. The zero-order valence-corrected chi connectivity index (χ0v) is 15.3. The molecule has 0 radical (unpaired) electrons. The topological polar surface area (TPSA) is 64.6 Å². The molecule has 142 valence electrons. The lowest BCUT2D eigenvalue weighted by atomic mass is 10.1. The van der Waals surface area contributed by atoms with Crippen LogP contribution in [-0.4, -0.2) is 31.6 Å². The smallest absolute Gasteiger partial charge is 0.331 e. The fourth-order valence-corrected chi connectivity index (χ4v) is 2.32. The van der Waals surface area contributed by atoms with Crippen molar-refractivity contribution >= 4 is 18.0 Å². The van der Waals surface area contributed by atoms with Crippen LogP contribution < -0.4 is 10.1 Å². The molecule has 0 saturated carbocycles. The van der Waals surface area contributed by atoms with Crippen molar-refractivity contribution in [1.82, 2.24) is 5.32 Å². The minimum absolute atomic E-state index is 0.266. The van der Waals surface area contributed by atoms with Gasteiger partial charge in [0.05, 0.1) is 6.54 Å². The Labute approximate surface area is 157 Å². The minimum atomic E-state index is -0.722. The first-order valence-corrected chi connectivity index (χ1v) is 8.52. The predicted octanol–water partition coefficient (Wildman–Crippen LogP) is 3.19. The Hall–Kier alpha value is -3.15. The van der Waals surface area contributed by atoms with Gasteiger partial charge in [0, 0.05) is 11.6 Å². The number of halogens is 1. The van der Waals surface area contributed by atoms with E-state index in [1.165, 1.54) is 18.2 Å². The van der Waals surface area contributed by atoms with Crippen molar-refractivity contribution in [3.8, 4) is 5.75 Å². The fourth-order valence-electron chi connectivity index (χ4n) is 2.32. The van der Waals surface area contributed by atoms with Crippen LogP contribution in [0.4, 0.5) is 4.39 Å². The lowest BCUT2D eigenvalue weighted by Crippen LogP contribution is -2.32. The minimum Gasteiger partial charge on any atom is -0.491 e. The molecule has 5 nitrogen and oxygen atoms in total. The first-order valence-electron chi connectivity index (χ1n) is 8.52. The molecule has 0 atom stereocenters. The molecule has 0 heterocycles. The third-order valence-corrected chi connectivity index (χ3v) is 3.66. The Morgan fingerprint density at radius 3 is 2.67 bits per heavy atom. The number of ether oxygens (including phenoxy) is 2. The number of carbonyl (C=O) groups excluding carboxylic acids is 2. The first-order chi connectivity index (χ1) is 13.0. The second-order valence-corrected chi connectivity index (χ2v) is 5.93. The number of benzene rings is 2. The van der Waals surface area contributed by atoms with Gasteiger partial charge in [-0.1, -0.05) is 35.9 Å². The molecule has 0 fully saturated rings. The van der Waals surface area contributed by atoms with Gasteiger partial charge in [-0.05, 0) is 37.6 Å². The summed E-state index contributed by atoms with van der Waals surface area (Å²) in [7, 11) is 0. The molecule has 2 rings (SSSR count). The number of nitrogens with one attached hydrogen (secondary N) is 1. The number of hydrogen-bond acceptors (Lipinski definition) is 4. The van der Waals surface area contributed by atoms with Gasteiger partial charge in [-0.15, -0.1) is 0 Å². The van der Waals surface area contributed by atoms with Crippen LogP contribution in [0.15, 0.2) is 48.5 Å². The van der Waals surface area contributed by atoms with Crippen LogP contribution >= 0.6 is 0 Å². The van der Waals surface area contributed by atoms with Crippen molar-refractivity contribution in [2.24, 2.45) is 0 Å². The van der Waals surface area contributed by atoms with Gasteiger partial charge in [-0.3, -0.25) is 4.79 Å². The average molecular weight is 371 g/mol. The van der Waals surface area contributed by atoms with E-state index in [0.717, 1.165) is 23.0 Å². The summed E-state index contributed by atoms with van der Waals surface area (Å²) < 4.78 is 23.8. The summed E-state index contributed by atoms with van der Waals surface area (Å²) in [5, 5.41) is 2.60. The molecule has 1 amide bonds. The van der Waals surface area contributed by atoms with Crippen molar-refractivity contribution in [2.45, 2.75) is 13.8 Å². The molecule has 2 aromatic carbocycles. The van der Waals surface area contributed by atoms with E-state index in [-0.39, 0.29) is 12.1 Å². The Morgan fingerprint density at radius 1 is 1.15 bits per heavy atom. The summed E-state index contributed by atoms with van der Waals surface area (Å²) in [5.41, 5.74) is 2.44. The van der Waals surface area contributed by atoms with E-state index in [4.69, 9.17) is 9.47 Å². The normalized spacial score (nSPS) is 10.6. The van der Waals surface area contributed by atoms with Crippen molar-refractivity contribution in [2.75, 3.05) is 19.8 Å². The number of aryl methyl sites for hydroxylation is 2. The molecule has 0 bridgehead atoms. The highest BCUT2D eigenvalue weighted by atomic mass is 19.1. The standard InChI is InChI=1S/C21H22FNO4/c1-15-7-9-19(16(2)13-15)26-12-11-23-20(24)14-27-21(25)10-8-17-5-3-4-6-18(17)22/h3-10,13H,11-12,14H2,1-2H3,(H,23,24)/b10-8+. The zero-order valence-electron chi connectivity index (χ0n) is 15.3. The monoisotopic (exact) mass is 371 g/mol. The molecule has 0 aliphatic rings. The van der Waals surface area contributed by atoms with Gasteiger partial charge < -0.3 is 14.8 Å². The number of carbonyl (C=O) groups is 2. The second kappa shape index (κ2) is 10.1. The number of esters is 1. The SMILES string of the molecule is Cc1ccc(OCCNC(=O)COC(=O)/C=C/c2ccccc2F)c(C)c1. The van der Waals surface area contributed by atoms with Crippen LogP contribution in [0, 0.1) is 19.7 Å². The van der Waals surface area contributed by atoms with Crippen LogP contribution in [0.25, 0.3) is 6.08 Å². The van der Waals surface area contributed by atoms with E-state index in [2.05, 4.69) is 5.32 Å². The first kappa shape index (κ1) is 20.2. The van der Waals surface area contributed by atoms with E-state index < -0.39 is 24.3 Å². The highest BCUT2D eigenvalue weighted by Crippen LogP contribution is 2.18. The van der Waals surface area contributed by atoms with E-state index in [1.54, 1.807) is 12.1 Å². The van der Waals surface area contributed by atoms with Crippen molar-refractivity contribution < 1.29 is 23.5 Å². The van der Waals surface area contributed by atoms with E-state index in [1.807, 2.05) is 32.0 Å². The molecule has 0 spiro atoms. The van der Waals surface area contributed by atoms with Gasteiger partial charge in [0.15, 0.2) is 6.61 Å². The lowest BCUT2D eigenvalue weighted by Gasteiger charge is -2.10. The van der Waals surface area contributed by atoms with E-state index in [9.17, 15) is 14.0 Å². The Kier molecular flexibility index (Phi) is 7.55. The van der Waals surface area contributed by atoms with Crippen molar-refractivity contribution in [1.29, 1.82) is 0 Å². The largest absolute Gasteiger partial charge is 0.491 e. The average Bonchev–Trinajstić information content (AvgIpc) is 2.64. The van der Waals surface area contributed by atoms with Crippen molar-refractivity contribution in [3.05, 3.63) is 71.0 Å². The van der Waals surface area contributed by atoms with Gasteiger partial charge in [0.1, 0.15) is 18.2 Å². The quantitative estimate of drug-likeness (QED) is 0.440. The Morgan fingerprint density at radius 2 is 1.93 bits per heavy atom. The molecule has 0 saturated heterocycles. The van der Waals surface area contributed by atoms with Gasteiger partial charge in [-0.25, -0.2) is 9.18 Å². The second-order valence-electron chi connectivity index (χ2n) is 5.93. The summed E-state index contributed by atoms with van der Waals surface area (Å²) in [6.45, 7) is 4.13. The fraction of sp³-hybridized carbons (Fsp3) is 0.238. The van der Waals surface area contributed by atoms with E-state index >= 15 is 0 Å². The van der Waals surface area contributed by atoms with Crippen molar-refractivity contribution in [3.63, 3.8) is 0 Å². The van der Waals surface area contributed by atoms with Crippen LogP contribution in [-0.2, 0) is 14.3 Å². The summed E-state index contributed by atoms with van der Waals surface area (Å²) >= 11 is 0. The molecule has 6 heteroatoms. The van der Waals surface area contributed by atoms with Gasteiger partial charge in [0.25, 0.3) is 5.91 Å². The number of rotatable bonds is 8. The molecule has 0 aromatic heterocycles. The van der Waals surface area contributed by atoms with Crippen LogP contribution in [0.3, 0.4) is 0 Å². The van der Waals surface area contributed by atoms with Gasteiger partial charge >= 0.3 is 5.97 Å². The van der Waals surface area contributed by atoms with Crippen LogP contribution in [0.2, 0.25) is 0 Å². The highest BCUT2D eigenvalue weighted by molar-refractivity contribution is 5.89. The van der Waals surface area contributed by atoms with E-state index in [0.29, 0.717) is 6.61 Å². The predicted molar refractivity (Wildman–Crippen MR) is 101 cm³/mol. The third kappa shape index (κ3) is 6.93. The lowest BCUT2D eigenvalue weighted by molar-refractivity contribution is -0.143. The van der Waals surface area contributed by atoms with Crippen LogP contribution in [0.1, 0.15) is 16.7 Å². The summed E-state index contributed by atoms with van der Waals surface area (Å²) in [5.74, 6) is -0.838. The Balaban J connectivity index is 1.65. The molecule has 27 heavy (non-hydrogen) atoms.